The monoisotopic (exact) mass is 486 g/mol. The molecule has 1 nitrogen and oxygen atoms in total. The van der Waals surface area contributed by atoms with Crippen LogP contribution in [0.25, 0.3) is 16.7 Å². The van der Waals surface area contributed by atoms with Gasteiger partial charge in [0.15, 0.2) is 11.6 Å². The fourth-order valence-corrected chi connectivity index (χ4v) is 4.83. The number of hydrogen-bond donors (Lipinski definition) is 0. The highest BCUT2D eigenvalue weighted by molar-refractivity contribution is 5.68. The van der Waals surface area contributed by atoms with Gasteiger partial charge in [-0.1, -0.05) is 80.1 Å². The van der Waals surface area contributed by atoms with Crippen LogP contribution >= 0.6 is 0 Å². The average molecular weight is 487 g/mol. The Morgan fingerprint density at radius 1 is 0.917 bits per heavy atom. The molecule has 0 bridgehead atoms. The molecule has 0 saturated carbocycles. The van der Waals surface area contributed by atoms with Crippen LogP contribution in [0.15, 0.2) is 78.9 Å². The zero-order chi connectivity index (χ0) is 25.3. The van der Waals surface area contributed by atoms with Gasteiger partial charge in [-0.2, -0.15) is 4.39 Å². The summed E-state index contributed by atoms with van der Waals surface area (Å²) in [5, 5.41) is 0. The molecule has 0 N–H and O–H groups in total. The van der Waals surface area contributed by atoms with E-state index in [0.29, 0.717) is 18.1 Å². The summed E-state index contributed by atoms with van der Waals surface area (Å²) in [4.78, 5) is 0. The molecule has 36 heavy (non-hydrogen) atoms. The van der Waals surface area contributed by atoms with Crippen molar-refractivity contribution in [1.29, 1.82) is 0 Å². The summed E-state index contributed by atoms with van der Waals surface area (Å²) < 4.78 is 34.7. The van der Waals surface area contributed by atoms with Gasteiger partial charge in [-0.3, -0.25) is 0 Å². The third-order valence-electron chi connectivity index (χ3n) is 7.06. The van der Waals surface area contributed by atoms with Crippen molar-refractivity contribution < 1.29 is 13.5 Å². The highest BCUT2D eigenvalue weighted by Crippen LogP contribution is 2.38. The SMILES string of the molecule is CC=CCCc1ccc(-c2ccc(C3CC=C(c4ccc(OCCCC)c(F)c4F)CC3)cc2)cc1. The fraction of sp³-hybridized carbons (Fsp3) is 0.333. The molecule has 0 amide bonds. The number of ether oxygens (including phenoxy) is 1. The van der Waals surface area contributed by atoms with Crippen molar-refractivity contribution in [2.75, 3.05) is 6.61 Å². The molecular weight excluding hydrogens is 450 g/mol. The van der Waals surface area contributed by atoms with Gasteiger partial charge in [0.2, 0.25) is 5.82 Å². The highest BCUT2D eigenvalue weighted by atomic mass is 19.2. The first kappa shape index (κ1) is 25.9. The number of aryl methyl sites for hydroxylation is 1. The molecule has 1 unspecified atom stereocenters. The zero-order valence-electron chi connectivity index (χ0n) is 21.4. The molecule has 0 heterocycles. The minimum absolute atomic E-state index is 0.00219. The lowest BCUT2D eigenvalue weighted by Gasteiger charge is -2.23. The van der Waals surface area contributed by atoms with E-state index >= 15 is 0 Å². The van der Waals surface area contributed by atoms with Crippen molar-refractivity contribution in [3.05, 3.63) is 107 Å². The van der Waals surface area contributed by atoms with Crippen LogP contribution in [-0.2, 0) is 6.42 Å². The van der Waals surface area contributed by atoms with Crippen LogP contribution in [0.1, 0.15) is 75.0 Å². The molecule has 3 heteroatoms. The number of hydrogen-bond acceptors (Lipinski definition) is 1. The Morgan fingerprint density at radius 3 is 2.28 bits per heavy atom. The summed E-state index contributed by atoms with van der Waals surface area (Å²) >= 11 is 0. The first-order valence-corrected chi connectivity index (χ1v) is 13.2. The Kier molecular flexibility index (Phi) is 9.11. The maximum atomic E-state index is 14.8. The van der Waals surface area contributed by atoms with Gasteiger partial charge in [0.1, 0.15) is 0 Å². The molecule has 3 aromatic carbocycles. The van der Waals surface area contributed by atoms with Crippen molar-refractivity contribution in [2.45, 2.75) is 64.7 Å². The second-order valence-corrected chi connectivity index (χ2v) is 9.57. The molecule has 4 rings (SSSR count). The van der Waals surface area contributed by atoms with Crippen molar-refractivity contribution in [3.63, 3.8) is 0 Å². The Bertz CT molecular complexity index is 1190. The lowest BCUT2D eigenvalue weighted by molar-refractivity contribution is 0.288. The second kappa shape index (κ2) is 12.7. The lowest BCUT2D eigenvalue weighted by atomic mass is 9.82. The van der Waals surface area contributed by atoms with E-state index < -0.39 is 11.6 Å². The summed E-state index contributed by atoms with van der Waals surface area (Å²) in [6.45, 7) is 4.49. The molecule has 3 aromatic rings. The molecule has 1 aliphatic carbocycles. The van der Waals surface area contributed by atoms with Gasteiger partial charge >= 0.3 is 0 Å². The molecule has 1 aliphatic rings. The minimum Gasteiger partial charge on any atom is -0.490 e. The largest absolute Gasteiger partial charge is 0.490 e. The second-order valence-electron chi connectivity index (χ2n) is 9.57. The minimum atomic E-state index is -0.881. The van der Waals surface area contributed by atoms with E-state index in [4.69, 9.17) is 4.74 Å². The van der Waals surface area contributed by atoms with Crippen molar-refractivity contribution in [1.82, 2.24) is 0 Å². The Labute approximate surface area is 214 Å². The fourth-order valence-electron chi connectivity index (χ4n) is 4.83. The van der Waals surface area contributed by atoms with Crippen LogP contribution in [-0.4, -0.2) is 6.61 Å². The van der Waals surface area contributed by atoms with E-state index in [-0.39, 0.29) is 5.75 Å². The van der Waals surface area contributed by atoms with Gasteiger partial charge in [-0.05, 0) is 91.3 Å². The molecular formula is C33H36F2O. The van der Waals surface area contributed by atoms with Gasteiger partial charge in [-0.15, -0.1) is 0 Å². The van der Waals surface area contributed by atoms with Crippen LogP contribution in [0.5, 0.6) is 5.75 Å². The first-order valence-electron chi connectivity index (χ1n) is 13.2. The Balaban J connectivity index is 1.39. The molecule has 0 saturated heterocycles. The predicted molar refractivity (Wildman–Crippen MR) is 146 cm³/mol. The highest BCUT2D eigenvalue weighted by Gasteiger charge is 2.22. The molecule has 1 atom stereocenters. The number of rotatable bonds is 10. The van der Waals surface area contributed by atoms with Gasteiger partial charge in [0.05, 0.1) is 6.61 Å². The zero-order valence-corrected chi connectivity index (χ0v) is 21.4. The van der Waals surface area contributed by atoms with Crippen LogP contribution in [0.2, 0.25) is 0 Å². The van der Waals surface area contributed by atoms with Crippen LogP contribution in [0, 0.1) is 11.6 Å². The third-order valence-corrected chi connectivity index (χ3v) is 7.06. The van der Waals surface area contributed by atoms with E-state index in [1.807, 2.05) is 6.92 Å². The number of halogens is 2. The summed E-state index contributed by atoms with van der Waals surface area (Å²) in [7, 11) is 0. The summed E-state index contributed by atoms with van der Waals surface area (Å²) in [6.07, 6.45) is 12.7. The van der Waals surface area contributed by atoms with E-state index in [1.54, 1.807) is 12.1 Å². The summed E-state index contributed by atoms with van der Waals surface area (Å²) in [6, 6.07) is 20.8. The molecule has 0 aromatic heterocycles. The number of benzene rings is 3. The van der Waals surface area contributed by atoms with Crippen LogP contribution in [0.4, 0.5) is 8.78 Å². The molecule has 0 aliphatic heterocycles. The van der Waals surface area contributed by atoms with Gasteiger partial charge in [0.25, 0.3) is 0 Å². The summed E-state index contributed by atoms with van der Waals surface area (Å²) in [5.74, 6) is -1.29. The normalized spacial score (nSPS) is 15.8. The molecule has 0 fully saturated rings. The topological polar surface area (TPSA) is 9.23 Å². The molecule has 0 radical (unpaired) electrons. The first-order chi connectivity index (χ1) is 17.6. The Hall–Kier alpha value is -3.20. The standard InChI is InChI=1S/C33H36F2O/c1-3-5-7-8-24-9-11-25(12-10-24)26-13-15-27(16-14-26)28-17-19-29(20-18-28)30-21-22-31(33(35)32(30)34)36-23-6-4-2/h3,5,9-16,19,21-22,28H,4,6-8,17-18,20,23H2,1-2H3. The van der Waals surface area contributed by atoms with Crippen molar-refractivity contribution in [3.8, 4) is 16.9 Å². The third kappa shape index (κ3) is 6.32. The smallest absolute Gasteiger partial charge is 0.201 e. The van der Waals surface area contributed by atoms with Crippen molar-refractivity contribution >= 4 is 5.57 Å². The number of unbranched alkanes of at least 4 members (excludes halogenated alkanes) is 1. The van der Waals surface area contributed by atoms with E-state index in [9.17, 15) is 8.78 Å². The van der Waals surface area contributed by atoms with Crippen molar-refractivity contribution in [2.24, 2.45) is 0 Å². The van der Waals surface area contributed by atoms with E-state index in [2.05, 4.69) is 73.7 Å². The maximum Gasteiger partial charge on any atom is 0.201 e. The lowest BCUT2D eigenvalue weighted by Crippen LogP contribution is -2.07. The van der Waals surface area contributed by atoms with Gasteiger partial charge < -0.3 is 4.74 Å². The quantitative estimate of drug-likeness (QED) is 0.205. The predicted octanol–water partition coefficient (Wildman–Crippen LogP) is 9.67. The van der Waals surface area contributed by atoms with Gasteiger partial charge in [0, 0.05) is 5.56 Å². The Morgan fingerprint density at radius 2 is 1.64 bits per heavy atom. The summed E-state index contributed by atoms with van der Waals surface area (Å²) in [5.41, 5.74) is 6.33. The van der Waals surface area contributed by atoms with E-state index in [1.165, 1.54) is 22.3 Å². The van der Waals surface area contributed by atoms with E-state index in [0.717, 1.165) is 50.5 Å². The van der Waals surface area contributed by atoms with Crippen LogP contribution < -0.4 is 4.74 Å². The van der Waals surface area contributed by atoms with Crippen LogP contribution in [0.3, 0.4) is 0 Å². The number of allylic oxidation sites excluding steroid dienone is 4. The molecule has 0 spiro atoms. The van der Waals surface area contributed by atoms with Gasteiger partial charge in [-0.25, -0.2) is 4.39 Å². The average Bonchev–Trinajstić information content (AvgIpc) is 2.92. The molecule has 188 valence electrons. The maximum absolute atomic E-state index is 14.8.